The van der Waals surface area contributed by atoms with Crippen LogP contribution in [0.5, 0.6) is 5.75 Å². The molecule has 0 bridgehead atoms. The predicted octanol–water partition coefficient (Wildman–Crippen LogP) is 3.39. The van der Waals surface area contributed by atoms with Gasteiger partial charge in [-0.05, 0) is 49.3 Å². The van der Waals surface area contributed by atoms with Crippen molar-refractivity contribution < 1.29 is 23.8 Å². The van der Waals surface area contributed by atoms with E-state index in [1.54, 1.807) is 0 Å². The summed E-state index contributed by atoms with van der Waals surface area (Å²) in [4.78, 5) is 11.4. The van der Waals surface area contributed by atoms with E-state index in [-0.39, 0.29) is 23.3 Å². The highest BCUT2D eigenvalue weighted by molar-refractivity contribution is 5.89. The minimum absolute atomic E-state index is 0.0287. The highest BCUT2D eigenvalue weighted by atomic mass is 19.1. The summed E-state index contributed by atoms with van der Waals surface area (Å²) in [6, 6.07) is 1.27. The van der Waals surface area contributed by atoms with Crippen LogP contribution >= 0.6 is 0 Å². The molecule has 0 aromatic heterocycles. The third-order valence-electron chi connectivity index (χ3n) is 5.19. The van der Waals surface area contributed by atoms with Crippen molar-refractivity contribution in [2.75, 3.05) is 0 Å². The second-order valence-corrected chi connectivity index (χ2v) is 7.46. The number of hydrogen-bond acceptors (Lipinski definition) is 4. The predicted molar refractivity (Wildman–Crippen MR) is 90.0 cm³/mol. The zero-order valence-electron chi connectivity index (χ0n) is 15.0. The summed E-state index contributed by atoms with van der Waals surface area (Å²) in [6.07, 6.45) is 6.87. The van der Waals surface area contributed by atoms with Gasteiger partial charge in [0.2, 0.25) is 6.29 Å². The molecule has 1 atom stereocenters. The van der Waals surface area contributed by atoms with Crippen molar-refractivity contribution in [1.82, 2.24) is 0 Å². The molecule has 0 radical (unpaired) electrons. The molecule has 1 aromatic rings. The summed E-state index contributed by atoms with van der Waals surface area (Å²) in [5.74, 6) is -1.73. The third-order valence-corrected chi connectivity index (χ3v) is 5.19. The Morgan fingerprint density at radius 2 is 1.84 bits per heavy atom. The van der Waals surface area contributed by atoms with Crippen LogP contribution in [0.4, 0.5) is 4.39 Å². The molecule has 25 heavy (non-hydrogen) atoms. The molecule has 4 nitrogen and oxygen atoms in total. The SMILES string of the molecule is CC(C)C(Oc1cc(C(=O)[O-])c2c(c1F)CCC2)OC1CCCCC1. The van der Waals surface area contributed by atoms with Gasteiger partial charge in [0.15, 0.2) is 11.6 Å². The van der Waals surface area contributed by atoms with Crippen molar-refractivity contribution in [2.45, 2.75) is 77.6 Å². The van der Waals surface area contributed by atoms with Gasteiger partial charge in [-0.15, -0.1) is 0 Å². The van der Waals surface area contributed by atoms with E-state index in [1.165, 1.54) is 12.5 Å². The van der Waals surface area contributed by atoms with Crippen molar-refractivity contribution in [2.24, 2.45) is 5.92 Å². The van der Waals surface area contributed by atoms with Crippen molar-refractivity contribution in [1.29, 1.82) is 0 Å². The lowest BCUT2D eigenvalue weighted by Crippen LogP contribution is -2.33. The molecule has 2 aliphatic carbocycles. The quantitative estimate of drug-likeness (QED) is 0.739. The third kappa shape index (κ3) is 3.97. The van der Waals surface area contributed by atoms with Gasteiger partial charge in [0.05, 0.1) is 12.1 Å². The molecule has 1 fully saturated rings. The Morgan fingerprint density at radius 1 is 1.16 bits per heavy atom. The monoisotopic (exact) mass is 349 g/mol. The minimum Gasteiger partial charge on any atom is -0.545 e. The second kappa shape index (κ2) is 7.73. The van der Waals surface area contributed by atoms with Crippen LogP contribution in [0.1, 0.15) is 73.9 Å². The molecule has 1 unspecified atom stereocenters. The number of aromatic carboxylic acids is 1. The van der Waals surface area contributed by atoms with E-state index in [1.807, 2.05) is 13.8 Å². The summed E-state index contributed by atoms with van der Waals surface area (Å²) in [5.41, 5.74) is 1.06. The second-order valence-electron chi connectivity index (χ2n) is 7.46. The lowest BCUT2D eigenvalue weighted by molar-refractivity contribution is -0.255. The number of carbonyl (C=O) groups excluding carboxylic acids is 1. The lowest BCUT2D eigenvalue weighted by Gasteiger charge is -2.30. The van der Waals surface area contributed by atoms with Crippen LogP contribution in [0.3, 0.4) is 0 Å². The Morgan fingerprint density at radius 3 is 2.48 bits per heavy atom. The summed E-state index contributed by atoms with van der Waals surface area (Å²) in [6.45, 7) is 3.91. The van der Waals surface area contributed by atoms with E-state index in [0.29, 0.717) is 24.0 Å². The number of benzene rings is 1. The van der Waals surface area contributed by atoms with E-state index >= 15 is 0 Å². The molecule has 1 saturated carbocycles. The highest BCUT2D eigenvalue weighted by Crippen LogP contribution is 2.35. The van der Waals surface area contributed by atoms with Crippen LogP contribution in [0.15, 0.2) is 6.07 Å². The molecule has 0 heterocycles. The number of carboxylic acid groups (broad SMARTS) is 1. The molecule has 5 heteroatoms. The number of carboxylic acids is 1. The Bertz CT molecular complexity index is 635. The molecular weight excluding hydrogens is 323 g/mol. The van der Waals surface area contributed by atoms with Crippen LogP contribution in [-0.4, -0.2) is 18.4 Å². The van der Waals surface area contributed by atoms with Crippen LogP contribution in [-0.2, 0) is 17.6 Å². The zero-order chi connectivity index (χ0) is 18.0. The maximum atomic E-state index is 14.8. The smallest absolute Gasteiger partial charge is 0.202 e. The van der Waals surface area contributed by atoms with E-state index < -0.39 is 18.1 Å². The van der Waals surface area contributed by atoms with Crippen LogP contribution in [0, 0.1) is 11.7 Å². The van der Waals surface area contributed by atoms with E-state index in [4.69, 9.17) is 9.47 Å². The number of carbonyl (C=O) groups is 1. The first-order valence-electron chi connectivity index (χ1n) is 9.35. The normalized spacial score (nSPS) is 19.0. The number of halogens is 1. The van der Waals surface area contributed by atoms with Crippen molar-refractivity contribution in [3.05, 3.63) is 28.6 Å². The van der Waals surface area contributed by atoms with Crippen LogP contribution in [0.25, 0.3) is 0 Å². The van der Waals surface area contributed by atoms with Gasteiger partial charge < -0.3 is 19.4 Å². The van der Waals surface area contributed by atoms with Gasteiger partial charge >= 0.3 is 0 Å². The summed E-state index contributed by atoms with van der Waals surface area (Å²) in [7, 11) is 0. The maximum absolute atomic E-state index is 14.8. The van der Waals surface area contributed by atoms with E-state index in [2.05, 4.69) is 0 Å². The Kier molecular flexibility index (Phi) is 5.62. The average molecular weight is 349 g/mol. The maximum Gasteiger partial charge on any atom is 0.202 e. The zero-order valence-corrected chi connectivity index (χ0v) is 15.0. The summed E-state index contributed by atoms with van der Waals surface area (Å²) < 4.78 is 26.7. The molecule has 0 N–H and O–H groups in total. The van der Waals surface area contributed by atoms with Crippen LogP contribution in [0.2, 0.25) is 0 Å². The molecule has 0 spiro atoms. The first-order valence-corrected chi connectivity index (χ1v) is 9.35. The minimum atomic E-state index is -1.28. The largest absolute Gasteiger partial charge is 0.545 e. The number of fused-ring (bicyclic) bond motifs is 1. The van der Waals surface area contributed by atoms with Crippen LogP contribution < -0.4 is 9.84 Å². The van der Waals surface area contributed by atoms with Gasteiger partial charge in [-0.2, -0.15) is 0 Å². The Hall–Kier alpha value is -1.62. The Labute approximate surface area is 148 Å². The fourth-order valence-electron chi connectivity index (χ4n) is 3.82. The van der Waals surface area contributed by atoms with Gasteiger partial charge in [0.25, 0.3) is 0 Å². The van der Waals surface area contributed by atoms with E-state index in [0.717, 1.165) is 32.1 Å². The lowest BCUT2D eigenvalue weighted by atomic mass is 9.97. The molecule has 1 aromatic carbocycles. The first kappa shape index (κ1) is 18.2. The molecular formula is C20H26FO4-. The van der Waals surface area contributed by atoms with Gasteiger partial charge in [-0.1, -0.05) is 33.1 Å². The van der Waals surface area contributed by atoms with E-state index in [9.17, 15) is 14.3 Å². The Balaban J connectivity index is 1.84. The number of ether oxygens (including phenoxy) is 2. The average Bonchev–Trinajstić information content (AvgIpc) is 3.07. The molecule has 0 saturated heterocycles. The molecule has 0 amide bonds. The summed E-state index contributed by atoms with van der Waals surface area (Å²) in [5, 5.41) is 11.4. The fraction of sp³-hybridized carbons (Fsp3) is 0.650. The number of rotatable bonds is 6. The number of hydrogen-bond donors (Lipinski definition) is 0. The van der Waals surface area contributed by atoms with Crippen molar-refractivity contribution in [3.63, 3.8) is 0 Å². The van der Waals surface area contributed by atoms with Gasteiger partial charge in [0, 0.05) is 11.5 Å². The first-order chi connectivity index (χ1) is 12.0. The van der Waals surface area contributed by atoms with Crippen molar-refractivity contribution >= 4 is 5.97 Å². The topological polar surface area (TPSA) is 58.6 Å². The summed E-state index contributed by atoms with van der Waals surface area (Å²) >= 11 is 0. The fourth-order valence-corrected chi connectivity index (χ4v) is 3.82. The van der Waals surface area contributed by atoms with Gasteiger partial charge in [-0.3, -0.25) is 0 Å². The standard InChI is InChI=1S/C20H27FO4/c1-12(2)20(24-13-7-4-3-5-8-13)25-17-11-16(19(22)23)14-9-6-10-15(14)18(17)21/h11-13,20H,3-10H2,1-2H3,(H,22,23)/p-1. The van der Waals surface area contributed by atoms with Gasteiger partial charge in [0.1, 0.15) is 0 Å². The molecule has 3 rings (SSSR count). The molecule has 2 aliphatic rings. The van der Waals surface area contributed by atoms with Crippen molar-refractivity contribution in [3.8, 4) is 5.75 Å². The highest BCUT2D eigenvalue weighted by Gasteiger charge is 2.28. The molecule has 0 aliphatic heterocycles. The van der Waals surface area contributed by atoms with Gasteiger partial charge in [-0.25, -0.2) is 4.39 Å². The molecule has 138 valence electrons.